The molecule has 0 amide bonds. The van der Waals surface area contributed by atoms with Crippen LogP contribution in [0.1, 0.15) is 18.6 Å². The molecule has 0 aliphatic heterocycles. The molecule has 122 valence electrons. The first-order chi connectivity index (χ1) is 11.1. The molecule has 0 aromatic heterocycles. The summed E-state index contributed by atoms with van der Waals surface area (Å²) in [6.07, 6.45) is -1.00. The van der Waals surface area contributed by atoms with E-state index in [2.05, 4.69) is 0 Å². The summed E-state index contributed by atoms with van der Waals surface area (Å²) < 4.78 is 5.12. The number of ether oxygens (including phenoxy) is 1. The van der Waals surface area contributed by atoms with E-state index >= 15 is 0 Å². The fraction of sp³-hybridized carbons (Fsp3) is 0.278. The number of hydrogen-bond acceptors (Lipinski definition) is 4. The number of carbonyl (C=O) groups is 1. The highest BCUT2D eigenvalue weighted by atomic mass is 35.5. The van der Waals surface area contributed by atoms with Gasteiger partial charge in [0, 0.05) is 15.7 Å². The standard InChI is InChI=1S/C18H19ClO3S/c1-2-22-18(21)15(12-23-13-8-4-3-5-9-13)17(20)14-10-6-7-11-16(14)19/h3-11,15,17,20H,2,12H2,1H3/t15-,17+/m1/s1. The van der Waals surface area contributed by atoms with Gasteiger partial charge in [0.05, 0.1) is 18.6 Å². The summed E-state index contributed by atoms with van der Waals surface area (Å²) in [6, 6.07) is 16.8. The zero-order valence-corrected chi connectivity index (χ0v) is 14.4. The third-order valence-corrected chi connectivity index (χ3v) is 4.84. The molecule has 2 aromatic rings. The van der Waals surface area contributed by atoms with Gasteiger partial charge in [-0.05, 0) is 30.7 Å². The molecule has 2 rings (SSSR count). The van der Waals surface area contributed by atoms with Crippen molar-refractivity contribution in [3.63, 3.8) is 0 Å². The van der Waals surface area contributed by atoms with Gasteiger partial charge in [-0.2, -0.15) is 0 Å². The Kier molecular flexibility index (Phi) is 6.96. The summed E-state index contributed by atoms with van der Waals surface area (Å²) >= 11 is 7.65. The molecule has 5 heteroatoms. The number of carbonyl (C=O) groups excluding carboxylic acids is 1. The lowest BCUT2D eigenvalue weighted by Crippen LogP contribution is -2.27. The second kappa shape index (κ2) is 8.96. The van der Waals surface area contributed by atoms with Crippen LogP contribution in [0.2, 0.25) is 5.02 Å². The SMILES string of the molecule is CCOC(=O)[C@H](CSc1ccccc1)[C@@H](O)c1ccccc1Cl. The largest absolute Gasteiger partial charge is 0.466 e. The molecule has 0 bridgehead atoms. The van der Waals surface area contributed by atoms with Gasteiger partial charge in [-0.15, -0.1) is 11.8 Å². The average Bonchev–Trinajstić information content (AvgIpc) is 2.56. The summed E-state index contributed by atoms with van der Waals surface area (Å²) in [7, 11) is 0. The molecule has 0 fully saturated rings. The van der Waals surface area contributed by atoms with E-state index < -0.39 is 18.0 Å². The maximum atomic E-state index is 12.3. The normalized spacial score (nSPS) is 13.3. The minimum atomic E-state index is -1.00. The van der Waals surface area contributed by atoms with E-state index in [0.717, 1.165) is 4.90 Å². The predicted molar refractivity (Wildman–Crippen MR) is 93.7 cm³/mol. The summed E-state index contributed by atoms with van der Waals surface area (Å²) in [6.45, 7) is 2.03. The first-order valence-electron chi connectivity index (χ1n) is 7.40. The Morgan fingerprint density at radius 3 is 2.48 bits per heavy atom. The summed E-state index contributed by atoms with van der Waals surface area (Å²) in [5.41, 5.74) is 0.542. The molecule has 0 spiro atoms. The number of thioether (sulfide) groups is 1. The first-order valence-corrected chi connectivity index (χ1v) is 8.76. The molecule has 0 aliphatic rings. The zero-order valence-electron chi connectivity index (χ0n) is 12.8. The molecule has 0 saturated heterocycles. The maximum Gasteiger partial charge on any atom is 0.312 e. The van der Waals surface area contributed by atoms with Gasteiger partial charge < -0.3 is 9.84 Å². The van der Waals surface area contributed by atoms with Gasteiger partial charge in [-0.3, -0.25) is 4.79 Å². The maximum absolute atomic E-state index is 12.3. The van der Waals surface area contributed by atoms with E-state index in [9.17, 15) is 9.90 Å². The van der Waals surface area contributed by atoms with Crippen molar-refractivity contribution in [2.75, 3.05) is 12.4 Å². The van der Waals surface area contributed by atoms with Crippen molar-refractivity contribution in [1.29, 1.82) is 0 Å². The summed E-state index contributed by atoms with van der Waals surface area (Å²) in [5.74, 6) is -0.682. The molecule has 23 heavy (non-hydrogen) atoms. The summed E-state index contributed by atoms with van der Waals surface area (Å²) in [4.78, 5) is 13.3. The number of hydrogen-bond donors (Lipinski definition) is 1. The van der Waals surface area contributed by atoms with Gasteiger partial charge in [0.1, 0.15) is 0 Å². The van der Waals surface area contributed by atoms with E-state index in [0.29, 0.717) is 16.3 Å². The van der Waals surface area contributed by atoms with Gasteiger partial charge in [0.25, 0.3) is 0 Å². The molecular weight excluding hydrogens is 332 g/mol. The van der Waals surface area contributed by atoms with Crippen LogP contribution in [-0.4, -0.2) is 23.4 Å². The quantitative estimate of drug-likeness (QED) is 0.596. The van der Waals surface area contributed by atoms with Crippen LogP contribution < -0.4 is 0 Å². The monoisotopic (exact) mass is 350 g/mol. The van der Waals surface area contributed by atoms with Gasteiger partial charge in [0.2, 0.25) is 0 Å². The van der Waals surface area contributed by atoms with Crippen molar-refractivity contribution in [3.05, 3.63) is 65.2 Å². The number of rotatable bonds is 7. The smallest absolute Gasteiger partial charge is 0.312 e. The van der Waals surface area contributed by atoms with E-state index in [1.807, 2.05) is 30.3 Å². The number of aliphatic hydroxyl groups is 1. The van der Waals surface area contributed by atoms with Crippen LogP contribution >= 0.6 is 23.4 Å². The van der Waals surface area contributed by atoms with Crippen LogP contribution in [0.25, 0.3) is 0 Å². The zero-order chi connectivity index (χ0) is 16.7. The first kappa shape index (κ1) is 17.9. The number of benzene rings is 2. The third kappa shape index (κ3) is 4.99. The highest BCUT2D eigenvalue weighted by Crippen LogP contribution is 2.32. The fourth-order valence-corrected chi connectivity index (χ4v) is 3.46. The molecule has 2 aromatic carbocycles. The van der Waals surface area contributed by atoms with Crippen molar-refractivity contribution < 1.29 is 14.6 Å². The Bertz CT molecular complexity index is 633. The van der Waals surface area contributed by atoms with Crippen molar-refractivity contribution in [3.8, 4) is 0 Å². The van der Waals surface area contributed by atoms with Crippen LogP contribution in [-0.2, 0) is 9.53 Å². The van der Waals surface area contributed by atoms with Crippen LogP contribution in [0, 0.1) is 5.92 Å². The summed E-state index contributed by atoms with van der Waals surface area (Å²) in [5, 5.41) is 11.1. The molecule has 2 atom stereocenters. The molecule has 0 saturated carbocycles. The Labute approximate surface area is 145 Å². The van der Waals surface area contributed by atoms with E-state index in [-0.39, 0.29) is 6.61 Å². The number of aliphatic hydroxyl groups excluding tert-OH is 1. The van der Waals surface area contributed by atoms with Crippen LogP contribution in [0.3, 0.4) is 0 Å². The van der Waals surface area contributed by atoms with Gasteiger partial charge in [-0.1, -0.05) is 48.0 Å². The van der Waals surface area contributed by atoms with E-state index in [1.54, 1.807) is 31.2 Å². The average molecular weight is 351 g/mol. The molecule has 0 unspecified atom stereocenters. The van der Waals surface area contributed by atoms with Crippen LogP contribution in [0.15, 0.2) is 59.5 Å². The Balaban J connectivity index is 2.16. The van der Waals surface area contributed by atoms with Crippen LogP contribution in [0.5, 0.6) is 0 Å². The Morgan fingerprint density at radius 1 is 1.17 bits per heavy atom. The highest BCUT2D eigenvalue weighted by molar-refractivity contribution is 7.99. The number of halogens is 1. The molecule has 0 aliphatic carbocycles. The molecule has 3 nitrogen and oxygen atoms in total. The highest BCUT2D eigenvalue weighted by Gasteiger charge is 2.30. The van der Waals surface area contributed by atoms with Crippen molar-refractivity contribution in [1.82, 2.24) is 0 Å². The molecule has 1 N–H and O–H groups in total. The minimum absolute atomic E-state index is 0.278. The minimum Gasteiger partial charge on any atom is -0.466 e. The van der Waals surface area contributed by atoms with Crippen LogP contribution in [0.4, 0.5) is 0 Å². The Hall–Kier alpha value is -1.49. The fourth-order valence-electron chi connectivity index (χ4n) is 2.17. The van der Waals surface area contributed by atoms with Gasteiger partial charge in [-0.25, -0.2) is 0 Å². The molecular formula is C18H19ClO3S. The van der Waals surface area contributed by atoms with Crippen molar-refractivity contribution in [2.24, 2.45) is 5.92 Å². The second-order valence-electron chi connectivity index (χ2n) is 4.95. The lowest BCUT2D eigenvalue weighted by molar-refractivity contribution is -0.151. The van der Waals surface area contributed by atoms with Crippen molar-refractivity contribution in [2.45, 2.75) is 17.9 Å². The van der Waals surface area contributed by atoms with Gasteiger partial charge in [0.15, 0.2) is 0 Å². The van der Waals surface area contributed by atoms with E-state index in [1.165, 1.54) is 11.8 Å². The van der Waals surface area contributed by atoms with E-state index in [4.69, 9.17) is 16.3 Å². The lowest BCUT2D eigenvalue weighted by atomic mass is 9.97. The van der Waals surface area contributed by atoms with Gasteiger partial charge >= 0.3 is 5.97 Å². The molecule has 0 radical (unpaired) electrons. The molecule has 0 heterocycles. The number of esters is 1. The second-order valence-corrected chi connectivity index (χ2v) is 6.45. The predicted octanol–water partition coefficient (Wildman–Crippen LogP) is 4.35. The lowest BCUT2D eigenvalue weighted by Gasteiger charge is -2.22. The Morgan fingerprint density at radius 2 is 1.83 bits per heavy atom. The van der Waals surface area contributed by atoms with Crippen molar-refractivity contribution >= 4 is 29.3 Å². The third-order valence-electron chi connectivity index (χ3n) is 3.37. The topological polar surface area (TPSA) is 46.5 Å².